The molecule has 3 rings (SSSR count). The highest BCUT2D eigenvalue weighted by Gasteiger charge is 2.09. The molecule has 0 aliphatic heterocycles. The number of amides is 1. The Bertz CT molecular complexity index is 998. The van der Waals surface area contributed by atoms with E-state index in [9.17, 15) is 9.59 Å². The zero-order valence-corrected chi connectivity index (χ0v) is 15.2. The molecular formula is C18H14BrClN2O2. The first-order valence-corrected chi connectivity index (χ1v) is 8.46. The number of aromatic nitrogens is 1. The van der Waals surface area contributed by atoms with Gasteiger partial charge in [-0.2, -0.15) is 0 Å². The predicted octanol–water partition coefficient (Wildman–Crippen LogP) is 4.36. The third-order valence-corrected chi connectivity index (χ3v) is 4.45. The number of hydrogen-bond acceptors (Lipinski definition) is 2. The minimum absolute atomic E-state index is 0.0669. The zero-order valence-electron chi connectivity index (χ0n) is 12.8. The van der Waals surface area contributed by atoms with E-state index in [-0.39, 0.29) is 17.9 Å². The van der Waals surface area contributed by atoms with Crippen LogP contribution in [0.1, 0.15) is 5.56 Å². The van der Waals surface area contributed by atoms with Crippen LogP contribution in [0, 0.1) is 6.92 Å². The summed E-state index contributed by atoms with van der Waals surface area (Å²) in [5.74, 6) is -0.176. The molecule has 1 amide bonds. The van der Waals surface area contributed by atoms with Crippen LogP contribution in [0.15, 0.2) is 57.9 Å². The van der Waals surface area contributed by atoms with Gasteiger partial charge in [0.05, 0.1) is 5.52 Å². The lowest BCUT2D eigenvalue weighted by molar-refractivity contribution is -0.116. The van der Waals surface area contributed by atoms with Gasteiger partial charge in [0.1, 0.15) is 6.54 Å². The number of carbonyl (C=O) groups excluding carboxylic acids is 1. The van der Waals surface area contributed by atoms with Crippen molar-refractivity contribution in [1.29, 1.82) is 0 Å². The molecule has 1 heterocycles. The summed E-state index contributed by atoms with van der Waals surface area (Å²) >= 11 is 9.33. The lowest BCUT2D eigenvalue weighted by atomic mass is 10.2. The van der Waals surface area contributed by atoms with Gasteiger partial charge in [-0.05, 0) is 48.9 Å². The van der Waals surface area contributed by atoms with Gasteiger partial charge in [0.25, 0.3) is 0 Å². The van der Waals surface area contributed by atoms with Crippen molar-refractivity contribution in [1.82, 2.24) is 4.57 Å². The molecule has 0 saturated carbocycles. The van der Waals surface area contributed by atoms with Crippen LogP contribution in [-0.4, -0.2) is 10.5 Å². The number of nitrogens with one attached hydrogen (secondary N) is 1. The van der Waals surface area contributed by atoms with Gasteiger partial charge in [0.2, 0.25) is 5.91 Å². The number of aryl methyl sites for hydroxylation is 1. The number of hydrogen-bond donors (Lipinski definition) is 1. The second-order valence-corrected chi connectivity index (χ2v) is 6.83. The number of anilines is 1. The van der Waals surface area contributed by atoms with Crippen LogP contribution in [0.25, 0.3) is 10.9 Å². The van der Waals surface area contributed by atoms with Gasteiger partial charge in [-0.3, -0.25) is 9.59 Å². The average Bonchev–Trinajstić information content (AvgIpc) is 2.53. The number of halogens is 2. The van der Waals surface area contributed by atoms with Gasteiger partial charge in [-0.1, -0.05) is 27.5 Å². The molecule has 6 heteroatoms. The minimum Gasteiger partial charge on any atom is -0.338 e. The van der Waals surface area contributed by atoms with Crippen LogP contribution in [-0.2, 0) is 11.3 Å². The standard InChI is InChI=1S/C18H14BrClN2O2/c1-11-8-13(20)3-5-15(11)21-18(24)10-22-7-6-17(23)14-4-2-12(19)9-16(14)22/h2-9H,10H2,1H3,(H,21,24). The molecule has 0 bridgehead atoms. The molecule has 0 fully saturated rings. The molecule has 3 aromatic rings. The second-order valence-electron chi connectivity index (χ2n) is 5.48. The summed E-state index contributed by atoms with van der Waals surface area (Å²) in [7, 11) is 0. The van der Waals surface area contributed by atoms with Crippen LogP contribution >= 0.6 is 27.5 Å². The third-order valence-electron chi connectivity index (χ3n) is 3.72. The molecule has 0 atom stereocenters. The maximum absolute atomic E-state index is 12.4. The smallest absolute Gasteiger partial charge is 0.244 e. The Morgan fingerprint density at radius 1 is 1.21 bits per heavy atom. The molecule has 0 unspecified atom stereocenters. The summed E-state index contributed by atoms with van der Waals surface area (Å²) in [5.41, 5.74) is 2.25. The molecule has 1 aromatic heterocycles. The normalized spacial score (nSPS) is 10.8. The molecule has 1 N–H and O–H groups in total. The molecule has 0 aliphatic carbocycles. The number of pyridine rings is 1. The molecule has 24 heavy (non-hydrogen) atoms. The van der Waals surface area contributed by atoms with Gasteiger partial charge in [0.15, 0.2) is 5.43 Å². The summed E-state index contributed by atoms with van der Waals surface area (Å²) in [5, 5.41) is 4.08. The molecule has 0 spiro atoms. The first kappa shape index (κ1) is 16.7. The maximum Gasteiger partial charge on any atom is 0.244 e. The van der Waals surface area contributed by atoms with Gasteiger partial charge >= 0.3 is 0 Å². The summed E-state index contributed by atoms with van der Waals surface area (Å²) in [6, 6.07) is 12.2. The summed E-state index contributed by atoms with van der Waals surface area (Å²) in [4.78, 5) is 24.3. The van der Waals surface area contributed by atoms with Gasteiger partial charge in [-0.25, -0.2) is 0 Å². The van der Waals surface area contributed by atoms with E-state index in [4.69, 9.17) is 11.6 Å². The fourth-order valence-electron chi connectivity index (χ4n) is 2.53. The lowest BCUT2D eigenvalue weighted by Crippen LogP contribution is -2.20. The Hall–Kier alpha value is -2.11. The van der Waals surface area contributed by atoms with E-state index in [1.54, 1.807) is 35.0 Å². The molecule has 122 valence electrons. The monoisotopic (exact) mass is 404 g/mol. The quantitative estimate of drug-likeness (QED) is 0.704. The van der Waals surface area contributed by atoms with Crippen molar-refractivity contribution < 1.29 is 4.79 Å². The van der Waals surface area contributed by atoms with Crippen LogP contribution in [0.5, 0.6) is 0 Å². The van der Waals surface area contributed by atoms with Crippen LogP contribution in [0.4, 0.5) is 5.69 Å². The Labute approximate surface area is 152 Å². The Balaban J connectivity index is 1.89. The van der Waals surface area contributed by atoms with E-state index in [0.29, 0.717) is 15.9 Å². The van der Waals surface area contributed by atoms with Gasteiger partial charge in [0, 0.05) is 32.8 Å². The molecule has 0 saturated heterocycles. The van der Waals surface area contributed by atoms with E-state index < -0.39 is 0 Å². The largest absolute Gasteiger partial charge is 0.338 e. The van der Waals surface area contributed by atoms with Crippen molar-refractivity contribution in [3.05, 3.63) is 73.9 Å². The number of fused-ring (bicyclic) bond motifs is 1. The number of rotatable bonds is 3. The van der Waals surface area contributed by atoms with E-state index in [0.717, 1.165) is 15.7 Å². The fourth-order valence-corrected chi connectivity index (χ4v) is 3.10. The van der Waals surface area contributed by atoms with Crippen LogP contribution < -0.4 is 10.7 Å². The highest BCUT2D eigenvalue weighted by Crippen LogP contribution is 2.20. The van der Waals surface area contributed by atoms with Crippen LogP contribution in [0.2, 0.25) is 5.02 Å². The van der Waals surface area contributed by atoms with Crippen LogP contribution in [0.3, 0.4) is 0 Å². The number of nitrogens with zero attached hydrogens (tertiary/aromatic N) is 1. The molecule has 0 aliphatic rings. The summed E-state index contributed by atoms with van der Waals surface area (Å²) in [6.07, 6.45) is 1.63. The van der Waals surface area contributed by atoms with E-state index in [2.05, 4.69) is 21.2 Å². The molecule has 0 radical (unpaired) electrons. The maximum atomic E-state index is 12.4. The van der Waals surface area contributed by atoms with Crippen molar-refractivity contribution in [3.8, 4) is 0 Å². The zero-order chi connectivity index (χ0) is 17.3. The van der Waals surface area contributed by atoms with Gasteiger partial charge < -0.3 is 9.88 Å². The second kappa shape index (κ2) is 6.79. The van der Waals surface area contributed by atoms with E-state index in [1.165, 1.54) is 6.07 Å². The highest BCUT2D eigenvalue weighted by atomic mass is 79.9. The van der Waals surface area contributed by atoms with Crippen molar-refractivity contribution in [2.75, 3.05) is 5.32 Å². The first-order valence-electron chi connectivity index (χ1n) is 7.29. The first-order chi connectivity index (χ1) is 11.4. The Morgan fingerprint density at radius 3 is 2.75 bits per heavy atom. The fraction of sp³-hybridized carbons (Fsp3) is 0.111. The highest BCUT2D eigenvalue weighted by molar-refractivity contribution is 9.10. The van der Waals surface area contributed by atoms with E-state index >= 15 is 0 Å². The number of carbonyl (C=O) groups is 1. The third kappa shape index (κ3) is 3.52. The average molecular weight is 406 g/mol. The lowest BCUT2D eigenvalue weighted by Gasteiger charge is -2.12. The molecule has 2 aromatic carbocycles. The topological polar surface area (TPSA) is 51.1 Å². The SMILES string of the molecule is Cc1cc(Cl)ccc1NC(=O)Cn1ccc(=O)c2ccc(Br)cc21. The van der Waals surface area contributed by atoms with Crippen molar-refractivity contribution in [2.24, 2.45) is 0 Å². The van der Waals surface area contributed by atoms with Crippen molar-refractivity contribution >= 4 is 50.0 Å². The molecular weight excluding hydrogens is 392 g/mol. The van der Waals surface area contributed by atoms with Crippen molar-refractivity contribution in [3.63, 3.8) is 0 Å². The Morgan fingerprint density at radius 2 is 2.00 bits per heavy atom. The summed E-state index contributed by atoms with van der Waals surface area (Å²) in [6.45, 7) is 1.99. The van der Waals surface area contributed by atoms with E-state index in [1.807, 2.05) is 19.1 Å². The number of benzene rings is 2. The Kier molecular flexibility index (Phi) is 4.73. The minimum atomic E-state index is -0.176. The van der Waals surface area contributed by atoms with Crippen molar-refractivity contribution in [2.45, 2.75) is 13.5 Å². The predicted molar refractivity (Wildman–Crippen MR) is 101 cm³/mol. The van der Waals surface area contributed by atoms with Gasteiger partial charge in [-0.15, -0.1) is 0 Å². The summed E-state index contributed by atoms with van der Waals surface area (Å²) < 4.78 is 2.60. The molecule has 4 nitrogen and oxygen atoms in total.